The van der Waals surface area contributed by atoms with Gasteiger partial charge in [-0.05, 0) is 37.0 Å². The summed E-state index contributed by atoms with van der Waals surface area (Å²) in [4.78, 5) is 0. The van der Waals surface area contributed by atoms with Gasteiger partial charge in [-0.1, -0.05) is 31.4 Å². The van der Waals surface area contributed by atoms with Crippen molar-refractivity contribution in [1.82, 2.24) is 0 Å². The Balaban J connectivity index is 1.57. The molecule has 0 N–H and O–H groups in total. The van der Waals surface area contributed by atoms with Gasteiger partial charge in [0, 0.05) is 10.8 Å². The van der Waals surface area contributed by atoms with E-state index in [1.807, 2.05) is 12.1 Å². The predicted octanol–water partition coefficient (Wildman–Crippen LogP) is 4.54. The zero-order valence-electron chi connectivity index (χ0n) is 12.1. The molecule has 0 amide bonds. The Kier molecular flexibility index (Phi) is 4.23. The van der Waals surface area contributed by atoms with Crippen LogP contribution in [0.2, 0.25) is 0 Å². The van der Waals surface area contributed by atoms with Gasteiger partial charge in [0.05, 0.1) is 19.8 Å². The van der Waals surface area contributed by atoms with Gasteiger partial charge in [0.25, 0.3) is 0 Å². The molecule has 0 aromatic heterocycles. The lowest BCUT2D eigenvalue weighted by molar-refractivity contribution is -0.131. The van der Waals surface area contributed by atoms with Crippen LogP contribution in [-0.4, -0.2) is 18.6 Å². The molecule has 2 fully saturated rings. The molecular formula is C17H23ClO2. The largest absolute Gasteiger partial charge is 0.497 e. The minimum absolute atomic E-state index is 0.270. The Morgan fingerprint density at radius 1 is 1.15 bits per heavy atom. The van der Waals surface area contributed by atoms with E-state index in [0.717, 1.165) is 12.2 Å². The minimum atomic E-state index is 0.270. The maximum Gasteiger partial charge on any atom is 0.118 e. The van der Waals surface area contributed by atoms with Crippen LogP contribution < -0.4 is 4.74 Å². The molecule has 1 aromatic rings. The molecule has 0 bridgehead atoms. The van der Waals surface area contributed by atoms with Crippen LogP contribution in [0, 0.1) is 5.41 Å². The SMILES string of the molecule is COc1ccc(COC2CC(Cl)C23CCCCC3)cc1. The van der Waals surface area contributed by atoms with Crippen LogP contribution in [0.4, 0.5) is 0 Å². The van der Waals surface area contributed by atoms with Crippen LogP contribution in [0.3, 0.4) is 0 Å². The van der Waals surface area contributed by atoms with Gasteiger partial charge in [-0.2, -0.15) is 0 Å². The molecule has 2 unspecified atom stereocenters. The third-order valence-electron chi connectivity index (χ3n) is 5.08. The fourth-order valence-corrected chi connectivity index (χ4v) is 4.22. The topological polar surface area (TPSA) is 18.5 Å². The molecule has 0 radical (unpaired) electrons. The van der Waals surface area contributed by atoms with E-state index in [1.165, 1.54) is 37.7 Å². The number of methoxy groups -OCH3 is 1. The molecule has 3 rings (SSSR count). The van der Waals surface area contributed by atoms with Crippen molar-refractivity contribution in [3.05, 3.63) is 29.8 Å². The second-order valence-electron chi connectivity index (χ2n) is 6.14. The number of ether oxygens (including phenoxy) is 2. The molecule has 1 spiro atoms. The molecule has 2 saturated carbocycles. The van der Waals surface area contributed by atoms with Gasteiger partial charge in [-0.15, -0.1) is 11.6 Å². The lowest BCUT2D eigenvalue weighted by Crippen LogP contribution is -2.56. The molecule has 2 atom stereocenters. The van der Waals surface area contributed by atoms with Crippen molar-refractivity contribution in [1.29, 1.82) is 0 Å². The van der Waals surface area contributed by atoms with E-state index in [0.29, 0.717) is 18.1 Å². The van der Waals surface area contributed by atoms with Crippen LogP contribution in [-0.2, 0) is 11.3 Å². The highest BCUT2D eigenvalue weighted by Crippen LogP contribution is 2.55. The number of halogens is 1. The zero-order valence-corrected chi connectivity index (χ0v) is 12.9. The number of hydrogen-bond donors (Lipinski definition) is 0. The predicted molar refractivity (Wildman–Crippen MR) is 81.3 cm³/mol. The molecule has 110 valence electrons. The highest BCUT2D eigenvalue weighted by molar-refractivity contribution is 6.21. The summed E-state index contributed by atoms with van der Waals surface area (Å²) in [7, 11) is 1.69. The Bertz CT molecular complexity index is 437. The van der Waals surface area contributed by atoms with Gasteiger partial charge >= 0.3 is 0 Å². The quantitative estimate of drug-likeness (QED) is 0.759. The molecule has 1 aromatic carbocycles. The summed E-state index contributed by atoms with van der Waals surface area (Å²) in [5, 5.41) is 0.323. The van der Waals surface area contributed by atoms with Crippen LogP contribution >= 0.6 is 11.6 Å². The van der Waals surface area contributed by atoms with Crippen molar-refractivity contribution < 1.29 is 9.47 Å². The number of hydrogen-bond acceptors (Lipinski definition) is 2. The summed E-state index contributed by atoms with van der Waals surface area (Å²) in [6.07, 6.45) is 7.83. The average Bonchev–Trinajstić information content (AvgIpc) is 2.52. The third kappa shape index (κ3) is 2.56. The van der Waals surface area contributed by atoms with E-state index in [-0.39, 0.29) is 5.41 Å². The monoisotopic (exact) mass is 294 g/mol. The maximum absolute atomic E-state index is 6.50. The molecule has 0 saturated heterocycles. The second-order valence-corrected chi connectivity index (χ2v) is 6.67. The smallest absolute Gasteiger partial charge is 0.118 e. The van der Waals surface area contributed by atoms with Crippen LogP contribution in [0.25, 0.3) is 0 Å². The van der Waals surface area contributed by atoms with Crippen molar-refractivity contribution in [2.24, 2.45) is 5.41 Å². The van der Waals surface area contributed by atoms with Crippen molar-refractivity contribution in [2.45, 2.75) is 56.6 Å². The molecular weight excluding hydrogens is 272 g/mol. The second kappa shape index (κ2) is 5.95. The highest BCUT2D eigenvalue weighted by Gasteiger charge is 2.54. The Hall–Kier alpha value is -0.730. The fourth-order valence-electron chi connectivity index (χ4n) is 3.70. The molecule has 20 heavy (non-hydrogen) atoms. The number of rotatable bonds is 4. The minimum Gasteiger partial charge on any atom is -0.497 e. The Morgan fingerprint density at radius 3 is 2.45 bits per heavy atom. The number of alkyl halides is 1. The fraction of sp³-hybridized carbons (Fsp3) is 0.647. The first-order valence-electron chi connectivity index (χ1n) is 7.63. The Labute approximate surface area is 126 Å². The van der Waals surface area contributed by atoms with Crippen molar-refractivity contribution in [2.75, 3.05) is 7.11 Å². The highest BCUT2D eigenvalue weighted by atomic mass is 35.5. The lowest BCUT2D eigenvalue weighted by atomic mass is 9.58. The van der Waals surface area contributed by atoms with Gasteiger partial charge < -0.3 is 9.47 Å². The summed E-state index contributed by atoms with van der Waals surface area (Å²) < 4.78 is 11.3. The van der Waals surface area contributed by atoms with Crippen LogP contribution in [0.15, 0.2) is 24.3 Å². The van der Waals surface area contributed by atoms with Crippen LogP contribution in [0.5, 0.6) is 5.75 Å². The lowest BCUT2D eigenvalue weighted by Gasteiger charge is -2.55. The van der Waals surface area contributed by atoms with Gasteiger partial charge in [-0.25, -0.2) is 0 Å². The first kappa shape index (κ1) is 14.2. The molecule has 2 aliphatic carbocycles. The first-order valence-corrected chi connectivity index (χ1v) is 8.07. The standard InChI is InChI=1S/C17H23ClO2/c1-19-14-7-5-13(6-8-14)12-20-16-11-15(18)17(16)9-3-2-4-10-17/h5-8,15-16H,2-4,9-12H2,1H3. The summed E-state index contributed by atoms with van der Waals surface area (Å²) in [6, 6.07) is 8.12. The summed E-state index contributed by atoms with van der Waals surface area (Å²) in [5.74, 6) is 0.891. The van der Waals surface area contributed by atoms with E-state index >= 15 is 0 Å². The van der Waals surface area contributed by atoms with E-state index in [9.17, 15) is 0 Å². The van der Waals surface area contributed by atoms with Crippen molar-refractivity contribution >= 4 is 11.6 Å². The van der Waals surface area contributed by atoms with Crippen LogP contribution in [0.1, 0.15) is 44.1 Å². The van der Waals surface area contributed by atoms with E-state index in [4.69, 9.17) is 21.1 Å². The van der Waals surface area contributed by atoms with E-state index in [1.54, 1.807) is 7.11 Å². The summed E-state index contributed by atoms with van der Waals surface area (Å²) in [5.41, 5.74) is 1.47. The summed E-state index contributed by atoms with van der Waals surface area (Å²) in [6.45, 7) is 0.681. The number of benzene rings is 1. The molecule has 2 nitrogen and oxygen atoms in total. The first-order chi connectivity index (χ1) is 9.74. The Morgan fingerprint density at radius 2 is 1.85 bits per heavy atom. The molecule has 3 heteroatoms. The van der Waals surface area contributed by atoms with Crippen molar-refractivity contribution in [3.63, 3.8) is 0 Å². The van der Waals surface area contributed by atoms with Gasteiger partial charge in [0.1, 0.15) is 5.75 Å². The zero-order chi connectivity index (χ0) is 14.0. The van der Waals surface area contributed by atoms with Gasteiger partial charge in [0.15, 0.2) is 0 Å². The average molecular weight is 295 g/mol. The van der Waals surface area contributed by atoms with E-state index in [2.05, 4.69) is 12.1 Å². The molecule has 0 heterocycles. The molecule has 0 aliphatic heterocycles. The van der Waals surface area contributed by atoms with Gasteiger partial charge in [0.2, 0.25) is 0 Å². The molecule has 2 aliphatic rings. The van der Waals surface area contributed by atoms with E-state index < -0.39 is 0 Å². The third-order valence-corrected chi connectivity index (χ3v) is 5.69. The normalized spacial score (nSPS) is 28.1. The van der Waals surface area contributed by atoms with Crippen molar-refractivity contribution in [3.8, 4) is 5.75 Å². The summed E-state index contributed by atoms with van der Waals surface area (Å²) >= 11 is 6.50. The van der Waals surface area contributed by atoms with Gasteiger partial charge in [-0.3, -0.25) is 0 Å². The maximum atomic E-state index is 6.50.